The molecule has 0 atom stereocenters. The maximum Gasteiger partial charge on any atom is 0.123 e. The smallest absolute Gasteiger partial charge is 0.123 e. The normalized spacial score (nSPS) is 9.33. The lowest BCUT2D eigenvalue weighted by atomic mass is 9.96. The molecule has 0 unspecified atom stereocenters. The van der Waals surface area contributed by atoms with Crippen LogP contribution in [0.25, 0.3) is 0 Å². The van der Waals surface area contributed by atoms with Gasteiger partial charge in [0.05, 0.1) is 0 Å². The molecule has 0 aromatic carbocycles. The highest BCUT2D eigenvalue weighted by molar-refractivity contribution is 5.52. The van der Waals surface area contributed by atoms with Crippen molar-refractivity contribution in [1.29, 1.82) is 0 Å². The van der Waals surface area contributed by atoms with E-state index in [0.29, 0.717) is 5.92 Å². The molecule has 0 saturated carbocycles. The molecule has 0 aliphatic rings. The molecule has 0 heterocycles. The zero-order valence-corrected chi connectivity index (χ0v) is 6.40. The summed E-state index contributed by atoms with van der Waals surface area (Å²) < 4.78 is 0. The van der Waals surface area contributed by atoms with E-state index < -0.39 is 0 Å². The van der Waals surface area contributed by atoms with E-state index in [4.69, 9.17) is 0 Å². The molecule has 1 nitrogen and oxygen atoms in total. The summed E-state index contributed by atoms with van der Waals surface area (Å²) >= 11 is 0. The van der Waals surface area contributed by atoms with E-state index in [-0.39, 0.29) is 0 Å². The number of hydrogen-bond acceptors (Lipinski definition) is 1. The molecule has 0 radical (unpaired) electrons. The fourth-order valence-electron chi connectivity index (χ4n) is 0.984. The fraction of sp³-hybridized carbons (Fsp3) is 0.750. The minimum atomic E-state index is 0.461. The molecule has 0 aliphatic heterocycles. The molecule has 1 heteroatoms. The average Bonchev–Trinajstić information content (AvgIpc) is 1.90. The lowest BCUT2D eigenvalue weighted by molar-refractivity contribution is 0.543. The van der Waals surface area contributed by atoms with Gasteiger partial charge in [-0.15, -0.1) is 0 Å². The van der Waals surface area contributed by atoms with Gasteiger partial charge >= 0.3 is 0 Å². The van der Waals surface area contributed by atoms with Crippen molar-refractivity contribution in [2.75, 3.05) is 0 Å². The molecule has 0 aromatic heterocycles. The molecule has 0 saturated heterocycles. The van der Waals surface area contributed by atoms with Gasteiger partial charge in [0.25, 0.3) is 0 Å². The van der Waals surface area contributed by atoms with Crippen LogP contribution < -0.4 is 0 Å². The first-order valence-corrected chi connectivity index (χ1v) is 3.47. The predicted octanol–water partition coefficient (Wildman–Crippen LogP) is 2.20. The molecule has 0 amide bonds. The van der Waals surface area contributed by atoms with Crippen LogP contribution in [0.5, 0.6) is 0 Å². The average molecular weight is 126 g/mol. The monoisotopic (exact) mass is 126 g/mol. The molecular formula is C8H14O. The third kappa shape index (κ3) is 2.48. The molecule has 52 valence electrons. The number of rotatable bonds is 3. The van der Waals surface area contributed by atoms with E-state index in [1.165, 1.54) is 0 Å². The van der Waals surface area contributed by atoms with Crippen LogP contribution in [0.4, 0.5) is 0 Å². The minimum Gasteiger partial charge on any atom is -0.234 e. The van der Waals surface area contributed by atoms with Crippen molar-refractivity contribution in [3.8, 4) is 0 Å². The Morgan fingerprint density at radius 1 is 1.44 bits per heavy atom. The van der Waals surface area contributed by atoms with Gasteiger partial charge in [-0.05, 0) is 25.7 Å². The Morgan fingerprint density at radius 3 is 2.00 bits per heavy atom. The van der Waals surface area contributed by atoms with Gasteiger partial charge in [0.1, 0.15) is 5.94 Å². The van der Waals surface area contributed by atoms with Gasteiger partial charge in [-0.25, -0.2) is 4.79 Å². The number of carbonyl (C=O) groups excluding carboxylic acids is 1. The zero-order chi connectivity index (χ0) is 7.28. The van der Waals surface area contributed by atoms with Crippen molar-refractivity contribution < 1.29 is 4.79 Å². The Labute approximate surface area is 56.8 Å². The van der Waals surface area contributed by atoms with Crippen LogP contribution in [0.2, 0.25) is 0 Å². The van der Waals surface area contributed by atoms with Gasteiger partial charge in [-0.2, -0.15) is 0 Å². The quantitative estimate of drug-likeness (QED) is 0.530. The van der Waals surface area contributed by atoms with Crippen molar-refractivity contribution >= 4 is 5.94 Å². The predicted molar refractivity (Wildman–Crippen MR) is 39.0 cm³/mol. The molecule has 0 spiro atoms. The van der Waals surface area contributed by atoms with E-state index in [2.05, 4.69) is 13.8 Å². The van der Waals surface area contributed by atoms with Crippen molar-refractivity contribution in [2.45, 2.75) is 33.6 Å². The van der Waals surface area contributed by atoms with Crippen LogP contribution in [-0.4, -0.2) is 5.94 Å². The maximum atomic E-state index is 10.1. The van der Waals surface area contributed by atoms with Crippen molar-refractivity contribution in [1.82, 2.24) is 0 Å². The summed E-state index contributed by atoms with van der Waals surface area (Å²) in [4.78, 5) is 10.1. The molecule has 0 N–H and O–H groups in total. The second kappa shape index (κ2) is 4.34. The molecule has 0 bridgehead atoms. The van der Waals surface area contributed by atoms with Crippen LogP contribution in [0.3, 0.4) is 0 Å². The van der Waals surface area contributed by atoms with Gasteiger partial charge in [-0.1, -0.05) is 13.8 Å². The standard InChI is InChI=1S/C8H14O/c1-4-8(5-2)7(3)6-9/h8H,4-5H2,1-3H3. The summed E-state index contributed by atoms with van der Waals surface area (Å²) in [6.07, 6.45) is 2.11. The fourth-order valence-corrected chi connectivity index (χ4v) is 0.984. The highest BCUT2D eigenvalue weighted by Gasteiger charge is 2.04. The van der Waals surface area contributed by atoms with Crippen LogP contribution in [-0.2, 0) is 4.79 Å². The summed E-state index contributed by atoms with van der Waals surface area (Å²) in [5, 5.41) is 0. The first-order valence-electron chi connectivity index (χ1n) is 3.47. The Kier molecular flexibility index (Phi) is 4.08. The Balaban J connectivity index is 3.95. The van der Waals surface area contributed by atoms with Crippen LogP contribution >= 0.6 is 0 Å². The lowest BCUT2D eigenvalue weighted by Crippen LogP contribution is -1.98. The van der Waals surface area contributed by atoms with Crippen molar-refractivity contribution in [2.24, 2.45) is 5.92 Å². The summed E-state index contributed by atoms with van der Waals surface area (Å²) in [5.74, 6) is 2.39. The zero-order valence-electron chi connectivity index (χ0n) is 6.40. The second-order valence-electron chi connectivity index (χ2n) is 2.30. The van der Waals surface area contributed by atoms with E-state index in [0.717, 1.165) is 18.4 Å². The van der Waals surface area contributed by atoms with Crippen LogP contribution in [0, 0.1) is 5.92 Å². The molecule has 0 aliphatic carbocycles. The molecule has 0 aromatic rings. The Morgan fingerprint density at radius 2 is 1.89 bits per heavy atom. The summed E-state index contributed by atoms with van der Waals surface area (Å²) in [5.41, 5.74) is 0.861. The largest absolute Gasteiger partial charge is 0.234 e. The summed E-state index contributed by atoms with van der Waals surface area (Å²) in [7, 11) is 0. The van der Waals surface area contributed by atoms with E-state index in [1.54, 1.807) is 0 Å². The van der Waals surface area contributed by atoms with Gasteiger partial charge in [0.2, 0.25) is 0 Å². The van der Waals surface area contributed by atoms with Gasteiger partial charge in [0.15, 0.2) is 0 Å². The highest BCUT2D eigenvalue weighted by atomic mass is 16.1. The minimum absolute atomic E-state index is 0.461. The van der Waals surface area contributed by atoms with Crippen LogP contribution in [0.1, 0.15) is 33.6 Å². The third-order valence-corrected chi connectivity index (χ3v) is 1.76. The van der Waals surface area contributed by atoms with E-state index >= 15 is 0 Å². The Bertz CT molecular complexity index is 117. The number of allylic oxidation sites excluding steroid dienone is 1. The third-order valence-electron chi connectivity index (χ3n) is 1.76. The lowest BCUT2D eigenvalue weighted by Gasteiger charge is -2.07. The van der Waals surface area contributed by atoms with E-state index in [9.17, 15) is 4.79 Å². The van der Waals surface area contributed by atoms with Gasteiger partial charge < -0.3 is 0 Å². The second-order valence-corrected chi connectivity index (χ2v) is 2.30. The highest BCUT2D eigenvalue weighted by Crippen LogP contribution is 2.14. The first-order chi connectivity index (χ1) is 4.26. The first kappa shape index (κ1) is 8.45. The maximum absolute atomic E-state index is 10.1. The summed E-state index contributed by atoms with van der Waals surface area (Å²) in [6.45, 7) is 6.04. The Hall–Kier alpha value is -0.550. The molecule has 0 rings (SSSR count). The SMILES string of the molecule is CCC(CC)C(C)=C=O. The van der Waals surface area contributed by atoms with Crippen molar-refractivity contribution in [3.63, 3.8) is 0 Å². The van der Waals surface area contributed by atoms with Gasteiger partial charge in [0, 0.05) is 5.57 Å². The topological polar surface area (TPSA) is 17.1 Å². The van der Waals surface area contributed by atoms with Gasteiger partial charge in [-0.3, -0.25) is 0 Å². The molecule has 9 heavy (non-hydrogen) atoms. The molecular weight excluding hydrogens is 112 g/mol. The molecule has 0 fully saturated rings. The van der Waals surface area contributed by atoms with E-state index in [1.807, 2.05) is 12.9 Å². The summed E-state index contributed by atoms with van der Waals surface area (Å²) in [6, 6.07) is 0. The number of hydrogen-bond donors (Lipinski definition) is 0. The van der Waals surface area contributed by atoms with Crippen molar-refractivity contribution in [3.05, 3.63) is 5.57 Å². The van der Waals surface area contributed by atoms with Crippen LogP contribution in [0.15, 0.2) is 5.57 Å².